The van der Waals surface area contributed by atoms with Gasteiger partial charge in [0.25, 0.3) is 0 Å². The lowest BCUT2D eigenvalue weighted by molar-refractivity contribution is 1.29. The summed E-state index contributed by atoms with van der Waals surface area (Å²) in [5.41, 5.74) is 11.0. The van der Waals surface area contributed by atoms with Gasteiger partial charge in [-0.1, -0.05) is 171 Å². The van der Waals surface area contributed by atoms with Crippen LogP contribution in [0.4, 0.5) is 34.1 Å². The second kappa shape index (κ2) is 19.9. The van der Waals surface area contributed by atoms with Gasteiger partial charge in [0, 0.05) is 34.1 Å². The molecule has 0 atom stereocenters. The van der Waals surface area contributed by atoms with E-state index >= 15 is 0 Å². The summed E-state index contributed by atoms with van der Waals surface area (Å²) in [5.74, 6) is 0. The summed E-state index contributed by atoms with van der Waals surface area (Å²) in [5, 5.41) is 17.1. The Morgan fingerprint density at radius 1 is 0.403 bits per heavy atom. The molecule has 0 N–H and O–H groups in total. The van der Waals surface area contributed by atoms with Crippen molar-refractivity contribution in [3.63, 3.8) is 0 Å². The van der Waals surface area contributed by atoms with Gasteiger partial charge in [-0.2, -0.15) is 24.8 Å². The molecule has 0 aliphatic carbocycles. The van der Waals surface area contributed by atoms with Crippen LogP contribution in [0.1, 0.15) is 12.5 Å². The van der Waals surface area contributed by atoms with Crippen molar-refractivity contribution in [1.82, 2.24) is 0 Å². The topological polar surface area (TPSA) is 6.48 Å². The fourth-order valence-electron chi connectivity index (χ4n) is 11.4. The second-order valence-corrected chi connectivity index (χ2v) is 32.8. The summed E-state index contributed by atoms with van der Waals surface area (Å²) in [7, 11) is -3.10. The van der Waals surface area contributed by atoms with Crippen LogP contribution in [0.5, 0.6) is 0 Å². The number of fused-ring (bicyclic) bond motifs is 5. The predicted octanol–water partition coefficient (Wildman–Crippen LogP) is 18.4. The Kier molecular flexibility index (Phi) is 12.7. The molecule has 0 unspecified atom stereocenters. The monoisotopic (exact) mass is 1020 g/mol. The lowest BCUT2D eigenvalue weighted by Crippen LogP contribution is -2.37. The summed E-state index contributed by atoms with van der Waals surface area (Å²) >= 11 is 0. The van der Waals surface area contributed by atoms with E-state index in [2.05, 4.69) is 305 Å². The van der Waals surface area contributed by atoms with E-state index in [4.69, 9.17) is 6.58 Å². The molecule has 0 aliphatic rings. The lowest BCUT2D eigenvalue weighted by Gasteiger charge is -2.31. The zero-order valence-corrected chi connectivity index (χ0v) is 47.3. The second-order valence-electron chi connectivity index (χ2n) is 22.7. The van der Waals surface area contributed by atoms with E-state index in [1.165, 1.54) is 59.0 Å². The van der Waals surface area contributed by atoms with Gasteiger partial charge in [-0.05, 0) is 203 Å². The molecule has 12 aromatic rings. The van der Waals surface area contributed by atoms with Crippen LogP contribution >= 0.6 is 0 Å². The molecular weight excluding hydrogens is 961 g/mol. The summed E-state index contributed by atoms with van der Waals surface area (Å²) in [6.07, 6.45) is 4.54. The van der Waals surface area contributed by atoms with Crippen LogP contribution in [-0.2, 0) is 0 Å². The van der Waals surface area contributed by atoms with Gasteiger partial charge in [0.1, 0.15) is 0 Å². The largest absolute Gasteiger partial charge is 0.310 e. The molecule has 0 amide bonds. The first-order chi connectivity index (χ1) is 37.3. The molecule has 12 rings (SSSR count). The number of rotatable bonds is 11. The number of anilines is 6. The highest BCUT2D eigenvalue weighted by atomic mass is 28.3. The summed E-state index contributed by atoms with van der Waals surface area (Å²) in [6.45, 7) is 21.7. The first kappa shape index (κ1) is 49.3. The fourth-order valence-corrected chi connectivity index (χ4v) is 13.7. The molecule has 0 aromatic heterocycles. The van der Waals surface area contributed by atoms with E-state index in [1.807, 2.05) is 0 Å². The van der Waals surface area contributed by atoms with Crippen LogP contribution in [0, 0.1) is 0 Å². The number of para-hydroxylation sites is 2. The van der Waals surface area contributed by atoms with Crippen molar-refractivity contribution in [2.45, 2.75) is 46.2 Å². The van der Waals surface area contributed by atoms with Gasteiger partial charge >= 0.3 is 0 Å². The zero-order chi connectivity index (χ0) is 53.0. The third kappa shape index (κ3) is 9.50. The Hall–Kier alpha value is -8.55. The van der Waals surface area contributed by atoms with Crippen LogP contribution in [0.25, 0.3) is 82.7 Å². The summed E-state index contributed by atoms with van der Waals surface area (Å²) < 4.78 is 0. The molecule has 12 aromatic carbocycles. The average molecular weight is 1030 g/mol. The maximum Gasteiger partial charge on any atom is 0.0775 e. The Bertz CT molecular complexity index is 4360. The molecule has 0 spiro atoms. The zero-order valence-electron chi connectivity index (χ0n) is 45.3. The van der Waals surface area contributed by atoms with E-state index in [9.17, 15) is 0 Å². The SMILES string of the molecule is C=C(/C=c1/cc2ccccc2c/c1=C/C)c1c2cc(N(c3ccccc3)c3ccc([Si](C)(C)C)cc3)ccc2c(-c2ccc3cc4ccccc4cc3c2)c2cc(N(c3ccccc3)c3ccc([Si-](C)(C)C)cc3)ccc12. The summed E-state index contributed by atoms with van der Waals surface area (Å²) in [4.78, 5) is 4.83. The van der Waals surface area contributed by atoms with Crippen LogP contribution in [0.2, 0.25) is 39.3 Å². The molecule has 0 radical (unpaired) electrons. The number of hydrogen-bond donors (Lipinski definition) is 0. The molecule has 77 heavy (non-hydrogen) atoms. The van der Waals surface area contributed by atoms with E-state index in [0.29, 0.717) is 0 Å². The average Bonchev–Trinajstić information content (AvgIpc) is 3.53. The van der Waals surface area contributed by atoms with Crippen LogP contribution < -0.4 is 30.6 Å². The maximum atomic E-state index is 5.07. The van der Waals surface area contributed by atoms with Crippen molar-refractivity contribution >= 4 is 132 Å². The van der Waals surface area contributed by atoms with Gasteiger partial charge in [0.05, 0.1) is 8.07 Å². The van der Waals surface area contributed by atoms with Crippen molar-refractivity contribution in [3.8, 4) is 11.1 Å². The highest BCUT2D eigenvalue weighted by Gasteiger charge is 2.24. The number of allylic oxidation sites excluding steroid dienone is 1. The lowest BCUT2D eigenvalue weighted by atomic mass is 9.84. The Morgan fingerprint density at radius 3 is 1.40 bits per heavy atom. The van der Waals surface area contributed by atoms with E-state index in [-0.39, 0.29) is 0 Å². The number of hydrogen-bond acceptors (Lipinski definition) is 2. The molecule has 2 nitrogen and oxygen atoms in total. The number of benzene rings is 12. The third-order valence-electron chi connectivity index (χ3n) is 15.5. The van der Waals surface area contributed by atoms with Crippen molar-refractivity contribution in [3.05, 3.63) is 259 Å². The molecule has 0 heterocycles. The van der Waals surface area contributed by atoms with Crippen molar-refractivity contribution < 1.29 is 0 Å². The first-order valence-corrected chi connectivity index (χ1v) is 34.0. The molecule has 4 heteroatoms. The Morgan fingerprint density at radius 2 is 0.857 bits per heavy atom. The molecular formula is C73H64N2Si2-. The molecule has 375 valence electrons. The smallest absolute Gasteiger partial charge is 0.0775 e. The fraction of sp³-hybridized carbons (Fsp3) is 0.0959. The summed E-state index contributed by atoms with van der Waals surface area (Å²) in [6, 6.07) is 88.3. The van der Waals surface area contributed by atoms with Gasteiger partial charge in [0.2, 0.25) is 0 Å². The molecule has 0 saturated heterocycles. The van der Waals surface area contributed by atoms with Gasteiger partial charge in [0.15, 0.2) is 0 Å². The number of nitrogens with zero attached hydrogens (tertiary/aromatic N) is 2. The van der Waals surface area contributed by atoms with E-state index < -0.39 is 16.1 Å². The van der Waals surface area contributed by atoms with Crippen LogP contribution in [0.15, 0.2) is 243 Å². The molecule has 0 aliphatic heterocycles. The van der Waals surface area contributed by atoms with E-state index in [0.717, 1.165) is 72.0 Å². The third-order valence-corrected chi connectivity index (χ3v) is 19.6. The molecule has 0 fully saturated rings. The minimum atomic E-state index is -1.55. The van der Waals surface area contributed by atoms with Gasteiger partial charge in [-0.15, -0.1) is 8.07 Å². The minimum Gasteiger partial charge on any atom is -0.310 e. The maximum absolute atomic E-state index is 5.07. The first-order valence-electron chi connectivity index (χ1n) is 27.0. The quantitative estimate of drug-likeness (QED) is 0.0941. The highest BCUT2D eigenvalue weighted by Crippen LogP contribution is 2.48. The van der Waals surface area contributed by atoms with Gasteiger partial charge in [-0.25, -0.2) is 0 Å². The predicted molar refractivity (Wildman–Crippen MR) is 344 cm³/mol. The minimum absolute atomic E-state index is 0.951. The van der Waals surface area contributed by atoms with E-state index in [1.54, 1.807) is 0 Å². The molecule has 0 saturated carbocycles. The van der Waals surface area contributed by atoms with Crippen molar-refractivity contribution in [2.24, 2.45) is 0 Å². The van der Waals surface area contributed by atoms with Crippen LogP contribution in [-0.4, -0.2) is 16.1 Å². The van der Waals surface area contributed by atoms with Crippen molar-refractivity contribution in [2.75, 3.05) is 9.80 Å². The Balaban J connectivity index is 1.19. The Labute approximate surface area is 455 Å². The highest BCUT2D eigenvalue weighted by molar-refractivity contribution is 6.89. The van der Waals surface area contributed by atoms with Crippen LogP contribution in [0.3, 0.4) is 0 Å². The van der Waals surface area contributed by atoms with Gasteiger partial charge in [-0.3, -0.25) is 0 Å². The standard InChI is InChI=1S/C73H64N2Si2/c1-9-51-43-52-20-16-18-22-54(52)45-58(51)42-50(2)72-68-40-34-65(75(61-26-14-11-15-27-61)63-32-38-67(39-33-63)77(6,7)8)49-71(68)73(57-29-28-56-44-53-21-17-19-23-55(53)46-59(56)47-57)69-41-35-64(48-70(69)72)74(60-24-12-10-13-25-60)62-30-36-66(37-31-62)76(3,4)5/h9-49H,2H2,1,3-8H3/q-1/b51-9-,58-42-. The molecule has 0 bridgehead atoms. The normalized spacial score (nSPS) is 12.6. The van der Waals surface area contributed by atoms with Crippen molar-refractivity contribution in [1.29, 1.82) is 0 Å². The van der Waals surface area contributed by atoms with Gasteiger partial charge < -0.3 is 9.80 Å².